The Balaban J connectivity index is 0.777. The topological polar surface area (TPSA) is 56.0 Å². The molecule has 5 nitrogen and oxygen atoms in total. The zero-order chi connectivity index (χ0) is 63.0. The van der Waals surface area contributed by atoms with Gasteiger partial charge < -0.3 is 0 Å². The van der Waals surface area contributed by atoms with Crippen molar-refractivity contribution in [2.45, 2.75) is 5.92 Å². The van der Waals surface area contributed by atoms with Gasteiger partial charge in [-0.15, -0.1) is 0 Å². The summed E-state index contributed by atoms with van der Waals surface area (Å²) in [7, 11) is 0. The van der Waals surface area contributed by atoms with Crippen molar-refractivity contribution < 1.29 is 0 Å². The van der Waals surface area contributed by atoms with Crippen LogP contribution in [-0.4, -0.2) is 25.2 Å². The lowest BCUT2D eigenvalue weighted by molar-refractivity contribution is 1.10. The largest absolute Gasteiger partial charge is 0.292 e. The molecule has 0 saturated heterocycles. The molecule has 444 valence electrons. The van der Waals surface area contributed by atoms with E-state index < -0.39 is 0 Å². The molecule has 0 amide bonds. The molecule has 96 heavy (non-hydrogen) atoms. The third kappa shape index (κ3) is 8.43. The maximum atomic E-state index is 5.81. The quantitative estimate of drug-likeness (QED) is 0.137. The summed E-state index contributed by atoms with van der Waals surface area (Å²) in [6, 6.07) is 119. The van der Waals surface area contributed by atoms with Crippen LogP contribution in [0.25, 0.3) is 172 Å². The van der Waals surface area contributed by atoms with Gasteiger partial charge in [-0.3, -0.25) is 9.56 Å². The Bertz CT molecular complexity index is 6030. The van der Waals surface area contributed by atoms with E-state index in [4.69, 9.17) is 19.9 Å². The van der Waals surface area contributed by atoms with Gasteiger partial charge in [0, 0.05) is 33.3 Å². The highest BCUT2D eigenvalue weighted by Gasteiger charge is 2.31. The van der Waals surface area contributed by atoms with E-state index in [1.165, 1.54) is 77.2 Å². The molecule has 0 fully saturated rings. The Hall–Kier alpha value is -12.7. The van der Waals surface area contributed by atoms with Gasteiger partial charge in [0.05, 0.1) is 39.6 Å². The Morgan fingerprint density at radius 1 is 0.281 bits per heavy atom. The first-order valence-electron chi connectivity index (χ1n) is 33.0. The number of rotatable bonds is 10. The van der Waals surface area contributed by atoms with E-state index in [9.17, 15) is 0 Å². The Morgan fingerprint density at radius 3 is 1.43 bits per heavy atom. The number of fused-ring (bicyclic) bond motifs is 9. The Labute approximate surface area is 555 Å². The molecule has 0 radical (unpaired) electrons. The van der Waals surface area contributed by atoms with E-state index in [-0.39, 0.29) is 5.92 Å². The Kier molecular flexibility index (Phi) is 12.0. The van der Waals surface area contributed by atoms with Crippen LogP contribution in [0.1, 0.15) is 22.6 Å². The summed E-state index contributed by atoms with van der Waals surface area (Å²) in [5.41, 5.74) is 32.3. The molecule has 0 saturated carbocycles. The normalized spacial score (nSPS) is 13.2. The highest BCUT2D eigenvalue weighted by atomic mass is 15.1. The molecule has 17 aromatic rings. The molecule has 1 unspecified atom stereocenters. The van der Waals surface area contributed by atoms with E-state index in [2.05, 4.69) is 332 Å². The van der Waals surface area contributed by atoms with Gasteiger partial charge in [0.1, 0.15) is 5.82 Å². The molecule has 2 aliphatic carbocycles. The summed E-state index contributed by atoms with van der Waals surface area (Å²) in [4.78, 5) is 22.3. The molecule has 3 heterocycles. The number of aromatic nitrogens is 4. The smallest absolute Gasteiger partial charge is 0.160 e. The fourth-order valence-corrected chi connectivity index (χ4v) is 15.8. The summed E-state index contributed by atoms with van der Waals surface area (Å²) >= 11 is 0. The van der Waals surface area contributed by atoms with Crippen molar-refractivity contribution in [3.8, 4) is 129 Å². The fraction of sp³-hybridized carbons (Fsp3) is 0.0110. The monoisotopic (exact) mass is 1220 g/mol. The van der Waals surface area contributed by atoms with Crippen molar-refractivity contribution in [1.82, 2.24) is 19.5 Å². The van der Waals surface area contributed by atoms with Crippen molar-refractivity contribution >= 4 is 54.9 Å². The van der Waals surface area contributed by atoms with Crippen LogP contribution in [0.4, 0.5) is 5.69 Å². The second kappa shape index (κ2) is 21.4. The van der Waals surface area contributed by atoms with Crippen LogP contribution in [0.2, 0.25) is 0 Å². The van der Waals surface area contributed by atoms with Crippen molar-refractivity contribution in [3.05, 3.63) is 344 Å². The predicted molar refractivity (Wildman–Crippen MR) is 397 cm³/mol. The number of imidazole rings is 1. The summed E-state index contributed by atoms with van der Waals surface area (Å²) < 4.78 is 2.27. The maximum absolute atomic E-state index is 5.81. The molecule has 5 heteroatoms. The summed E-state index contributed by atoms with van der Waals surface area (Å²) in [5.74, 6) is 1.59. The van der Waals surface area contributed by atoms with Gasteiger partial charge in [0.25, 0.3) is 0 Å². The second-order valence-electron chi connectivity index (χ2n) is 25.5. The summed E-state index contributed by atoms with van der Waals surface area (Å²) in [5, 5.41) is 5.93. The van der Waals surface area contributed by atoms with Crippen LogP contribution < -0.4 is 0 Å². The fourth-order valence-electron chi connectivity index (χ4n) is 15.8. The summed E-state index contributed by atoms with van der Waals surface area (Å²) in [6.07, 6.45) is 0. The van der Waals surface area contributed by atoms with Gasteiger partial charge in [-0.1, -0.05) is 285 Å². The number of hydrogen-bond donors (Lipinski definition) is 0. The van der Waals surface area contributed by atoms with Crippen molar-refractivity contribution in [2.75, 3.05) is 0 Å². The lowest BCUT2D eigenvalue weighted by atomic mass is 9.85. The molecule has 1 atom stereocenters. The first-order valence-corrected chi connectivity index (χ1v) is 33.0. The molecule has 1 aliphatic heterocycles. The third-order valence-electron chi connectivity index (χ3n) is 20.2. The zero-order valence-corrected chi connectivity index (χ0v) is 52.0. The summed E-state index contributed by atoms with van der Waals surface area (Å²) in [6.45, 7) is 0. The number of aliphatic imine (C=N–C) groups is 1. The molecule has 20 rings (SSSR count). The molecule has 0 N–H and O–H groups in total. The number of para-hydroxylation sites is 1. The SMILES string of the molecule is c1ccc(C2=Nc3cc(-c4ccc(-c5nc(-c6ccc(-c7ccc8c(c7)nc(-c7ccccc7)n8-c7ccccc7)cc6)c6cc(-c7ccc8c9c(cccc79)-c7ccccc7-8)cc(-c7ccc8c9c(cccc79)-c7ccccc7-8)c6n5)cc4)ccc3C2c2ccccc2)cc1. The molecular formula is C91H55N5. The van der Waals surface area contributed by atoms with Crippen LogP contribution in [-0.2, 0) is 0 Å². The van der Waals surface area contributed by atoms with Gasteiger partial charge >= 0.3 is 0 Å². The van der Waals surface area contributed by atoms with E-state index >= 15 is 0 Å². The molecule has 3 aliphatic rings. The number of hydrogen-bond acceptors (Lipinski definition) is 4. The highest BCUT2D eigenvalue weighted by Crippen LogP contribution is 2.53. The lowest BCUT2D eigenvalue weighted by Crippen LogP contribution is -2.11. The van der Waals surface area contributed by atoms with E-state index in [0.29, 0.717) is 5.82 Å². The average Bonchev–Trinajstić information content (AvgIpc) is 0.874. The van der Waals surface area contributed by atoms with Gasteiger partial charge in [-0.25, -0.2) is 15.0 Å². The predicted octanol–water partition coefficient (Wildman–Crippen LogP) is 23.5. The van der Waals surface area contributed by atoms with Crippen molar-refractivity contribution in [1.29, 1.82) is 0 Å². The average molecular weight is 1220 g/mol. The third-order valence-corrected chi connectivity index (χ3v) is 20.2. The van der Waals surface area contributed by atoms with Gasteiger partial charge in [-0.2, -0.15) is 0 Å². The van der Waals surface area contributed by atoms with Gasteiger partial charge in [0.15, 0.2) is 5.82 Å². The highest BCUT2D eigenvalue weighted by molar-refractivity contribution is 6.22. The van der Waals surface area contributed by atoms with Crippen LogP contribution in [0.5, 0.6) is 0 Å². The van der Waals surface area contributed by atoms with E-state index in [1.54, 1.807) is 0 Å². The van der Waals surface area contributed by atoms with Gasteiger partial charge in [0.2, 0.25) is 0 Å². The maximum Gasteiger partial charge on any atom is 0.160 e. The van der Waals surface area contributed by atoms with E-state index in [1.807, 2.05) is 0 Å². The number of benzene rings is 15. The first-order chi connectivity index (χ1) is 47.6. The minimum absolute atomic E-state index is 0.0352. The van der Waals surface area contributed by atoms with Crippen LogP contribution in [0.3, 0.4) is 0 Å². The second-order valence-corrected chi connectivity index (χ2v) is 25.5. The van der Waals surface area contributed by atoms with Crippen molar-refractivity contribution in [2.24, 2.45) is 4.99 Å². The first kappa shape index (κ1) is 53.9. The van der Waals surface area contributed by atoms with Gasteiger partial charge in [-0.05, 0) is 164 Å². The van der Waals surface area contributed by atoms with Crippen molar-refractivity contribution in [3.63, 3.8) is 0 Å². The molecule has 15 aromatic carbocycles. The standard InChI is InChI=1S/C91H55N5/c1-5-19-57(20-6-1)84-78-45-43-62(53-81(78)92-88(84)58-21-7-2-8-22-58)56-37-41-60(42-38-56)90-94-87(59-39-35-55(36-40-59)63-44-50-83-82(54-63)93-91(61-23-9-3-10-24-61)96(83)65-25-11-4-12-26-65)80-52-64(66-46-48-76-69-29-15-13-27-67(69)73-32-17-31-72(66)85(73)76)51-79(89(80)95-90)71-47-49-77-70-30-16-14-28-68(70)74-33-18-34-75(71)86(74)77/h1-54,84H. The molecule has 2 aromatic heterocycles. The van der Waals surface area contributed by atoms with Crippen LogP contribution in [0.15, 0.2) is 333 Å². The van der Waals surface area contributed by atoms with E-state index in [0.717, 1.165) is 117 Å². The Morgan fingerprint density at radius 2 is 0.781 bits per heavy atom. The van der Waals surface area contributed by atoms with Crippen LogP contribution >= 0.6 is 0 Å². The lowest BCUT2D eigenvalue weighted by Gasteiger charge is -2.18. The molecule has 0 bridgehead atoms. The minimum atomic E-state index is 0.0352. The molecular weight excluding hydrogens is 1160 g/mol. The number of nitrogens with zero attached hydrogens (tertiary/aromatic N) is 5. The minimum Gasteiger partial charge on any atom is -0.292 e. The zero-order valence-electron chi connectivity index (χ0n) is 52.0. The molecule has 0 spiro atoms. The van der Waals surface area contributed by atoms with Crippen LogP contribution in [0, 0.1) is 0 Å².